The van der Waals surface area contributed by atoms with Gasteiger partial charge in [-0.3, -0.25) is 9.79 Å². The molecule has 0 saturated heterocycles. The third-order valence-electron chi connectivity index (χ3n) is 4.73. The van der Waals surface area contributed by atoms with E-state index in [-0.39, 0.29) is 11.9 Å². The topological polar surface area (TPSA) is 50.0 Å². The maximum Gasteiger partial charge on any atom is 0.256 e. The highest BCUT2D eigenvalue weighted by molar-refractivity contribution is 6.09. The van der Waals surface area contributed by atoms with Gasteiger partial charge in [0.05, 0.1) is 5.56 Å². The molecule has 5 nitrogen and oxygen atoms in total. The van der Waals surface area contributed by atoms with Crippen molar-refractivity contribution in [2.24, 2.45) is 17.0 Å². The first-order valence-corrected chi connectivity index (χ1v) is 7.58. The molecule has 2 aliphatic rings. The Morgan fingerprint density at radius 1 is 1.32 bits per heavy atom. The summed E-state index contributed by atoms with van der Waals surface area (Å²) in [5, 5.41) is 1.05. The fourth-order valence-corrected chi connectivity index (χ4v) is 3.44. The fraction of sp³-hybridized carbons (Fsp3) is 0.353. The van der Waals surface area contributed by atoms with E-state index in [0.29, 0.717) is 6.54 Å². The van der Waals surface area contributed by atoms with Crippen molar-refractivity contribution in [3.05, 3.63) is 35.5 Å². The lowest BCUT2D eigenvalue weighted by atomic mass is 10.0. The van der Waals surface area contributed by atoms with Crippen LogP contribution in [0.25, 0.3) is 10.9 Å². The van der Waals surface area contributed by atoms with E-state index in [0.717, 1.165) is 40.8 Å². The van der Waals surface area contributed by atoms with E-state index in [2.05, 4.69) is 20.6 Å². The van der Waals surface area contributed by atoms with Gasteiger partial charge in [-0.05, 0) is 13.0 Å². The van der Waals surface area contributed by atoms with Crippen molar-refractivity contribution in [1.82, 2.24) is 9.47 Å². The summed E-state index contributed by atoms with van der Waals surface area (Å²) in [4.78, 5) is 23.4. The summed E-state index contributed by atoms with van der Waals surface area (Å²) in [7, 11) is 2.04. The Labute approximate surface area is 129 Å². The van der Waals surface area contributed by atoms with Crippen molar-refractivity contribution < 1.29 is 4.79 Å². The second kappa shape index (κ2) is 4.80. The quantitative estimate of drug-likeness (QED) is 0.836. The number of carbonyl (C=O) groups excluding carboxylic acids is 1. The minimum atomic E-state index is 0.0143. The molecule has 1 unspecified atom stereocenters. The number of aliphatic imine (C=N–C) groups is 2. The highest BCUT2D eigenvalue weighted by Crippen LogP contribution is 2.30. The second-order valence-electron chi connectivity index (χ2n) is 5.95. The number of aromatic nitrogens is 1. The van der Waals surface area contributed by atoms with Crippen molar-refractivity contribution in [2.45, 2.75) is 19.4 Å². The van der Waals surface area contributed by atoms with Gasteiger partial charge in [0, 0.05) is 48.9 Å². The molecule has 0 fully saturated rings. The van der Waals surface area contributed by atoms with Gasteiger partial charge >= 0.3 is 0 Å². The van der Waals surface area contributed by atoms with Crippen LogP contribution < -0.4 is 0 Å². The molecule has 22 heavy (non-hydrogen) atoms. The number of rotatable bonds is 2. The highest BCUT2D eigenvalue weighted by Gasteiger charge is 2.31. The maximum atomic E-state index is 13.0. The molecule has 0 radical (unpaired) electrons. The zero-order chi connectivity index (χ0) is 15.3. The van der Waals surface area contributed by atoms with Crippen LogP contribution >= 0.6 is 0 Å². The molecular weight excluding hydrogens is 276 g/mol. The van der Waals surface area contributed by atoms with Crippen molar-refractivity contribution in [1.29, 1.82) is 0 Å². The first-order valence-electron chi connectivity index (χ1n) is 7.58. The zero-order valence-electron chi connectivity index (χ0n) is 12.8. The number of carbonyl (C=O) groups is 1. The van der Waals surface area contributed by atoms with E-state index < -0.39 is 0 Å². The van der Waals surface area contributed by atoms with Crippen molar-refractivity contribution >= 4 is 28.9 Å². The number of amides is 1. The number of hydrogen-bond acceptors (Lipinski definition) is 3. The molecule has 1 aromatic heterocycles. The SMILES string of the molecule is CC1=NC=NC1CN1CCc2c(c3ccccc3n2C)C1=O. The van der Waals surface area contributed by atoms with E-state index >= 15 is 0 Å². The molecular formula is C17H18N4O. The molecule has 0 spiro atoms. The van der Waals surface area contributed by atoms with E-state index in [9.17, 15) is 4.79 Å². The Bertz CT molecular complexity index is 831. The normalized spacial score (nSPS) is 20.6. The lowest BCUT2D eigenvalue weighted by Crippen LogP contribution is -2.43. The maximum absolute atomic E-state index is 13.0. The molecule has 5 heteroatoms. The molecule has 4 rings (SSSR count). The minimum Gasteiger partial charge on any atom is -0.347 e. The third kappa shape index (κ3) is 1.81. The summed E-state index contributed by atoms with van der Waals surface area (Å²) in [6.45, 7) is 3.33. The number of fused-ring (bicyclic) bond motifs is 3. The van der Waals surface area contributed by atoms with Crippen molar-refractivity contribution in [3.63, 3.8) is 0 Å². The molecule has 1 aromatic carbocycles. The van der Waals surface area contributed by atoms with Gasteiger partial charge in [-0.2, -0.15) is 0 Å². The number of para-hydroxylation sites is 1. The monoisotopic (exact) mass is 294 g/mol. The molecule has 0 bridgehead atoms. The lowest BCUT2D eigenvalue weighted by molar-refractivity contribution is 0.0739. The molecule has 0 aliphatic carbocycles. The summed E-state index contributed by atoms with van der Waals surface area (Å²) >= 11 is 0. The first-order chi connectivity index (χ1) is 10.7. The van der Waals surface area contributed by atoms with Crippen LogP contribution in [0, 0.1) is 0 Å². The lowest BCUT2D eigenvalue weighted by Gasteiger charge is -2.29. The summed E-state index contributed by atoms with van der Waals surface area (Å²) < 4.78 is 2.15. The fourth-order valence-electron chi connectivity index (χ4n) is 3.44. The van der Waals surface area contributed by atoms with Crippen LogP contribution in [0.15, 0.2) is 34.3 Å². The Morgan fingerprint density at radius 3 is 2.91 bits per heavy atom. The first kappa shape index (κ1) is 13.2. The van der Waals surface area contributed by atoms with Crippen molar-refractivity contribution in [3.8, 4) is 0 Å². The standard InChI is InChI=1S/C17H18N4O/c1-11-13(19-10-18-11)9-21-8-7-15-16(17(21)22)12-5-3-4-6-14(12)20(15)2/h3-6,10,13H,7-9H2,1-2H3. The van der Waals surface area contributed by atoms with Crippen LogP contribution in [-0.2, 0) is 13.5 Å². The number of nitrogens with zero attached hydrogens (tertiary/aromatic N) is 4. The Kier molecular flexibility index (Phi) is 2.89. The largest absolute Gasteiger partial charge is 0.347 e. The van der Waals surface area contributed by atoms with Crippen LogP contribution in [-0.4, -0.2) is 46.6 Å². The summed E-state index contributed by atoms with van der Waals surface area (Å²) in [6.07, 6.45) is 2.48. The predicted octanol–water partition coefficient (Wildman–Crippen LogP) is 2.05. The van der Waals surface area contributed by atoms with Gasteiger partial charge in [-0.25, -0.2) is 4.99 Å². The smallest absolute Gasteiger partial charge is 0.256 e. The molecule has 112 valence electrons. The van der Waals surface area contributed by atoms with Gasteiger partial charge in [-0.1, -0.05) is 18.2 Å². The van der Waals surface area contributed by atoms with Crippen LogP contribution in [0.4, 0.5) is 0 Å². The van der Waals surface area contributed by atoms with Crippen LogP contribution in [0.3, 0.4) is 0 Å². The van der Waals surface area contributed by atoms with Crippen LogP contribution in [0.1, 0.15) is 23.0 Å². The summed E-state index contributed by atoms with van der Waals surface area (Å²) in [5.74, 6) is 0.118. The minimum absolute atomic E-state index is 0.0143. The molecule has 0 N–H and O–H groups in total. The van der Waals surface area contributed by atoms with Crippen LogP contribution in [0.5, 0.6) is 0 Å². The van der Waals surface area contributed by atoms with Gasteiger partial charge < -0.3 is 9.47 Å². The zero-order valence-corrected chi connectivity index (χ0v) is 12.8. The van der Waals surface area contributed by atoms with E-state index in [1.165, 1.54) is 0 Å². The number of benzene rings is 1. The van der Waals surface area contributed by atoms with E-state index in [4.69, 9.17) is 0 Å². The summed E-state index contributed by atoms with van der Waals surface area (Å²) in [6, 6.07) is 8.13. The molecule has 1 atom stereocenters. The number of aryl methyl sites for hydroxylation is 1. The van der Waals surface area contributed by atoms with Gasteiger partial charge in [-0.15, -0.1) is 0 Å². The molecule has 2 aromatic rings. The van der Waals surface area contributed by atoms with Gasteiger partial charge in [0.25, 0.3) is 5.91 Å². The molecule has 2 aliphatic heterocycles. The van der Waals surface area contributed by atoms with Gasteiger partial charge in [0.15, 0.2) is 0 Å². The average Bonchev–Trinajstić information content (AvgIpc) is 3.05. The van der Waals surface area contributed by atoms with E-state index in [1.807, 2.05) is 37.1 Å². The number of hydrogen-bond donors (Lipinski definition) is 0. The van der Waals surface area contributed by atoms with Crippen molar-refractivity contribution in [2.75, 3.05) is 13.1 Å². The predicted molar refractivity (Wildman–Crippen MR) is 87.9 cm³/mol. The van der Waals surface area contributed by atoms with E-state index in [1.54, 1.807) is 6.34 Å². The molecule has 3 heterocycles. The Morgan fingerprint density at radius 2 is 2.14 bits per heavy atom. The van der Waals surface area contributed by atoms with Crippen LogP contribution in [0.2, 0.25) is 0 Å². The Hall–Kier alpha value is -2.43. The third-order valence-corrected chi connectivity index (χ3v) is 4.73. The summed E-state index contributed by atoms with van der Waals surface area (Å²) in [5.41, 5.74) is 4.11. The Balaban J connectivity index is 1.72. The second-order valence-corrected chi connectivity index (χ2v) is 5.95. The average molecular weight is 294 g/mol. The van der Waals surface area contributed by atoms with Gasteiger partial charge in [0.1, 0.15) is 12.4 Å². The van der Waals surface area contributed by atoms with Gasteiger partial charge in [0.2, 0.25) is 0 Å². The highest BCUT2D eigenvalue weighted by atomic mass is 16.2. The molecule has 0 saturated carbocycles. The molecule has 1 amide bonds.